The number of aromatic carboxylic acids is 1. The van der Waals surface area contributed by atoms with Crippen molar-refractivity contribution in [3.63, 3.8) is 0 Å². The highest BCUT2D eigenvalue weighted by Gasteiger charge is 2.28. The molecule has 3 N–H and O–H groups in total. The molecule has 1 fully saturated rings. The maximum atomic E-state index is 11.9. The molecule has 1 aromatic carbocycles. The van der Waals surface area contributed by atoms with Gasteiger partial charge in [-0.1, -0.05) is 19.8 Å². The van der Waals surface area contributed by atoms with Crippen LogP contribution in [0.15, 0.2) is 22.7 Å². The fraction of sp³-hybridized carbons (Fsp3) is 0.467. The van der Waals surface area contributed by atoms with Gasteiger partial charge in [-0.05, 0) is 52.4 Å². The van der Waals surface area contributed by atoms with Crippen LogP contribution in [0, 0.1) is 5.41 Å². The summed E-state index contributed by atoms with van der Waals surface area (Å²) >= 11 is 3.27. The lowest BCUT2D eigenvalue weighted by Crippen LogP contribution is -2.36. The fourth-order valence-electron chi connectivity index (χ4n) is 2.62. The average molecular weight is 355 g/mol. The molecule has 1 saturated carbocycles. The largest absolute Gasteiger partial charge is 0.478 e. The number of amides is 2. The first-order chi connectivity index (χ1) is 9.89. The summed E-state index contributed by atoms with van der Waals surface area (Å²) in [6.45, 7) is 2.85. The van der Waals surface area contributed by atoms with Crippen molar-refractivity contribution in [1.82, 2.24) is 5.32 Å². The molecule has 1 aliphatic rings. The van der Waals surface area contributed by atoms with Crippen LogP contribution < -0.4 is 10.6 Å². The van der Waals surface area contributed by atoms with E-state index in [-0.39, 0.29) is 17.0 Å². The Bertz CT molecular complexity index is 554. The first kappa shape index (κ1) is 15.8. The molecule has 0 spiro atoms. The van der Waals surface area contributed by atoms with Crippen LogP contribution in [0.25, 0.3) is 0 Å². The van der Waals surface area contributed by atoms with Gasteiger partial charge >= 0.3 is 12.0 Å². The van der Waals surface area contributed by atoms with Gasteiger partial charge in [0.05, 0.1) is 11.3 Å². The minimum Gasteiger partial charge on any atom is -0.478 e. The number of carbonyl (C=O) groups is 2. The summed E-state index contributed by atoms with van der Waals surface area (Å²) in [6.07, 6.45) is 4.73. The van der Waals surface area contributed by atoms with Crippen molar-refractivity contribution in [2.75, 3.05) is 11.9 Å². The smallest absolute Gasteiger partial charge is 0.335 e. The first-order valence-corrected chi connectivity index (χ1v) is 7.77. The lowest BCUT2D eigenvalue weighted by atomic mass is 9.89. The van der Waals surface area contributed by atoms with E-state index in [1.807, 2.05) is 0 Å². The number of urea groups is 1. The molecule has 0 aliphatic heterocycles. The molecule has 0 bridgehead atoms. The van der Waals surface area contributed by atoms with Crippen molar-refractivity contribution in [1.29, 1.82) is 0 Å². The predicted octanol–water partition coefficient (Wildman–Crippen LogP) is 3.85. The van der Waals surface area contributed by atoms with Gasteiger partial charge in [0.25, 0.3) is 0 Å². The van der Waals surface area contributed by atoms with Crippen molar-refractivity contribution in [3.8, 4) is 0 Å². The molecule has 2 rings (SSSR count). The van der Waals surface area contributed by atoms with Gasteiger partial charge in [0, 0.05) is 11.0 Å². The average Bonchev–Trinajstić information content (AvgIpc) is 2.86. The molecule has 0 atom stereocenters. The van der Waals surface area contributed by atoms with Crippen molar-refractivity contribution in [3.05, 3.63) is 28.2 Å². The maximum absolute atomic E-state index is 11.9. The van der Waals surface area contributed by atoms with E-state index in [9.17, 15) is 9.59 Å². The summed E-state index contributed by atoms with van der Waals surface area (Å²) < 4.78 is 0.546. The van der Waals surface area contributed by atoms with Crippen LogP contribution in [0.4, 0.5) is 10.5 Å². The second kappa shape index (κ2) is 6.47. The van der Waals surface area contributed by atoms with E-state index < -0.39 is 5.97 Å². The summed E-state index contributed by atoms with van der Waals surface area (Å²) in [5.74, 6) is -0.999. The Morgan fingerprint density at radius 2 is 2.00 bits per heavy atom. The Balaban J connectivity index is 1.92. The molecule has 0 heterocycles. The highest BCUT2D eigenvalue weighted by molar-refractivity contribution is 9.10. The van der Waals surface area contributed by atoms with Gasteiger partial charge in [-0.25, -0.2) is 9.59 Å². The van der Waals surface area contributed by atoms with Crippen LogP contribution in [0.2, 0.25) is 0 Å². The second-order valence-electron chi connectivity index (χ2n) is 5.83. The number of carbonyl (C=O) groups excluding carboxylic acids is 1. The van der Waals surface area contributed by atoms with E-state index in [1.54, 1.807) is 6.07 Å². The van der Waals surface area contributed by atoms with Crippen LogP contribution in [0.1, 0.15) is 43.0 Å². The van der Waals surface area contributed by atoms with E-state index in [2.05, 4.69) is 33.5 Å². The van der Waals surface area contributed by atoms with E-state index in [0.717, 1.165) is 12.8 Å². The number of carboxylic acid groups (broad SMARTS) is 1. The Labute approximate surface area is 132 Å². The predicted molar refractivity (Wildman–Crippen MR) is 84.7 cm³/mol. The maximum Gasteiger partial charge on any atom is 0.335 e. The van der Waals surface area contributed by atoms with Gasteiger partial charge in [-0.2, -0.15) is 0 Å². The molecule has 1 aliphatic carbocycles. The van der Waals surface area contributed by atoms with Gasteiger partial charge in [0.2, 0.25) is 0 Å². The summed E-state index contributed by atoms with van der Waals surface area (Å²) in [5.41, 5.74) is 0.919. The first-order valence-electron chi connectivity index (χ1n) is 6.97. The van der Waals surface area contributed by atoms with Crippen LogP contribution in [-0.4, -0.2) is 23.7 Å². The van der Waals surface area contributed by atoms with Crippen LogP contribution in [0.3, 0.4) is 0 Å². The summed E-state index contributed by atoms with van der Waals surface area (Å²) in [5, 5.41) is 14.5. The summed E-state index contributed by atoms with van der Waals surface area (Å²) in [7, 11) is 0. The van der Waals surface area contributed by atoms with E-state index in [0.29, 0.717) is 16.7 Å². The number of hydrogen-bond donors (Lipinski definition) is 3. The molecular weight excluding hydrogens is 336 g/mol. The molecule has 114 valence electrons. The third-order valence-corrected chi connectivity index (χ3v) is 4.61. The minimum absolute atomic E-state index is 0.172. The van der Waals surface area contributed by atoms with Crippen LogP contribution in [0.5, 0.6) is 0 Å². The van der Waals surface area contributed by atoms with E-state index >= 15 is 0 Å². The van der Waals surface area contributed by atoms with Crippen LogP contribution in [-0.2, 0) is 0 Å². The Hall–Kier alpha value is -1.56. The van der Waals surface area contributed by atoms with Crippen molar-refractivity contribution in [2.24, 2.45) is 5.41 Å². The standard InChI is InChI=1S/C15H19BrN2O3/c1-15(6-2-3-7-15)9-17-14(21)18-12-5-4-10(13(19)20)8-11(12)16/h4-5,8H,2-3,6-7,9H2,1H3,(H,19,20)(H2,17,18,21). The van der Waals surface area contributed by atoms with Gasteiger partial charge in [0.1, 0.15) is 0 Å². The summed E-state index contributed by atoms with van der Waals surface area (Å²) in [4.78, 5) is 22.8. The van der Waals surface area contributed by atoms with Gasteiger partial charge in [-0.3, -0.25) is 0 Å². The molecule has 2 amide bonds. The quantitative estimate of drug-likeness (QED) is 0.768. The molecule has 6 heteroatoms. The second-order valence-corrected chi connectivity index (χ2v) is 6.68. The lowest BCUT2D eigenvalue weighted by molar-refractivity contribution is 0.0697. The molecule has 21 heavy (non-hydrogen) atoms. The van der Waals surface area contributed by atoms with E-state index in [4.69, 9.17) is 5.11 Å². The zero-order valence-corrected chi connectivity index (χ0v) is 13.5. The number of anilines is 1. The normalized spacial score (nSPS) is 16.5. The number of nitrogens with one attached hydrogen (secondary N) is 2. The van der Waals surface area contributed by atoms with E-state index in [1.165, 1.54) is 25.0 Å². The molecule has 0 aromatic heterocycles. The minimum atomic E-state index is -0.999. The summed E-state index contributed by atoms with van der Waals surface area (Å²) in [6, 6.07) is 4.23. The topological polar surface area (TPSA) is 78.4 Å². The number of halogens is 1. The Morgan fingerprint density at radius 1 is 1.33 bits per heavy atom. The third-order valence-electron chi connectivity index (χ3n) is 3.95. The van der Waals surface area contributed by atoms with Crippen molar-refractivity contribution >= 4 is 33.6 Å². The number of rotatable bonds is 4. The Morgan fingerprint density at radius 3 is 2.57 bits per heavy atom. The highest BCUT2D eigenvalue weighted by Crippen LogP contribution is 2.36. The zero-order valence-electron chi connectivity index (χ0n) is 11.9. The monoisotopic (exact) mass is 354 g/mol. The van der Waals surface area contributed by atoms with Gasteiger partial charge < -0.3 is 15.7 Å². The number of hydrogen-bond acceptors (Lipinski definition) is 2. The van der Waals surface area contributed by atoms with Crippen molar-refractivity contribution < 1.29 is 14.7 Å². The SMILES string of the molecule is CC1(CNC(=O)Nc2ccc(C(=O)O)cc2Br)CCCC1. The lowest BCUT2D eigenvalue weighted by Gasteiger charge is -2.23. The van der Waals surface area contributed by atoms with Gasteiger partial charge in [0.15, 0.2) is 0 Å². The number of carboxylic acids is 1. The van der Waals surface area contributed by atoms with Gasteiger partial charge in [-0.15, -0.1) is 0 Å². The molecule has 0 radical (unpaired) electrons. The third kappa shape index (κ3) is 4.20. The fourth-order valence-corrected chi connectivity index (χ4v) is 3.09. The molecule has 1 aromatic rings. The molecule has 5 nitrogen and oxygen atoms in total. The zero-order chi connectivity index (χ0) is 15.5. The molecular formula is C15H19BrN2O3. The molecule has 0 saturated heterocycles. The number of benzene rings is 1. The Kier molecular flexibility index (Phi) is 4.88. The van der Waals surface area contributed by atoms with Crippen molar-refractivity contribution in [2.45, 2.75) is 32.6 Å². The highest BCUT2D eigenvalue weighted by atomic mass is 79.9. The van der Waals surface area contributed by atoms with Crippen LogP contribution >= 0.6 is 15.9 Å². The molecule has 0 unspecified atom stereocenters.